The maximum atomic E-state index is 12.6. The maximum Gasteiger partial charge on any atom is 0.243 e. The lowest BCUT2D eigenvalue weighted by molar-refractivity contribution is -0.116. The molecule has 0 atom stereocenters. The zero-order chi connectivity index (χ0) is 22.4. The molecular weight excluding hydrogens is 412 g/mol. The van der Waals surface area contributed by atoms with E-state index in [0.717, 1.165) is 15.4 Å². The Morgan fingerprint density at radius 1 is 0.968 bits per heavy atom. The van der Waals surface area contributed by atoms with Gasteiger partial charge in [-0.3, -0.25) is 4.79 Å². The average Bonchev–Trinajstić information content (AvgIpc) is 2.74. The van der Waals surface area contributed by atoms with E-state index in [2.05, 4.69) is 11.4 Å². The van der Waals surface area contributed by atoms with Crippen molar-refractivity contribution in [3.8, 4) is 5.75 Å². The van der Waals surface area contributed by atoms with Gasteiger partial charge in [0.2, 0.25) is 15.9 Å². The smallest absolute Gasteiger partial charge is 0.243 e. The third-order valence-electron chi connectivity index (χ3n) is 4.78. The number of aryl methyl sites for hydroxylation is 2. The fourth-order valence-corrected chi connectivity index (χ4v) is 4.23. The number of amides is 1. The molecule has 0 radical (unpaired) electrons. The number of nitrogens with one attached hydrogen (secondary N) is 1. The molecule has 0 unspecified atom stereocenters. The van der Waals surface area contributed by atoms with Gasteiger partial charge in [0.25, 0.3) is 0 Å². The molecule has 0 aromatic heterocycles. The van der Waals surface area contributed by atoms with Crippen molar-refractivity contribution in [3.05, 3.63) is 89.5 Å². The van der Waals surface area contributed by atoms with Gasteiger partial charge >= 0.3 is 0 Å². The molecule has 3 aromatic carbocycles. The molecule has 0 bridgehead atoms. The Bertz CT molecular complexity index is 1160. The van der Waals surface area contributed by atoms with Crippen molar-refractivity contribution in [3.63, 3.8) is 0 Å². The van der Waals surface area contributed by atoms with Crippen LogP contribution in [0.2, 0.25) is 0 Å². The number of carbonyl (C=O) groups excluding carboxylic acids is 1. The van der Waals surface area contributed by atoms with E-state index in [1.54, 1.807) is 30.3 Å². The van der Waals surface area contributed by atoms with Crippen LogP contribution in [-0.4, -0.2) is 32.2 Å². The van der Waals surface area contributed by atoms with Crippen LogP contribution in [0.3, 0.4) is 0 Å². The van der Waals surface area contributed by atoms with Crippen molar-refractivity contribution in [2.45, 2.75) is 25.3 Å². The van der Waals surface area contributed by atoms with Crippen LogP contribution >= 0.6 is 0 Å². The lowest BCUT2D eigenvalue weighted by atomic mass is 10.1. The van der Waals surface area contributed by atoms with E-state index in [9.17, 15) is 13.2 Å². The Hall–Kier alpha value is -3.16. The first kappa shape index (κ1) is 22.5. The van der Waals surface area contributed by atoms with Crippen molar-refractivity contribution < 1.29 is 17.9 Å². The summed E-state index contributed by atoms with van der Waals surface area (Å²) >= 11 is 0. The molecule has 3 rings (SSSR count). The fraction of sp³-hybridized carbons (Fsp3) is 0.208. The van der Waals surface area contributed by atoms with E-state index in [4.69, 9.17) is 4.74 Å². The summed E-state index contributed by atoms with van der Waals surface area (Å²) in [7, 11) is -2.34. The molecule has 1 amide bonds. The normalized spacial score (nSPS) is 11.4. The van der Waals surface area contributed by atoms with E-state index in [1.165, 1.54) is 24.7 Å². The van der Waals surface area contributed by atoms with E-state index in [-0.39, 0.29) is 11.4 Å². The third-order valence-corrected chi connectivity index (χ3v) is 6.60. The van der Waals surface area contributed by atoms with Gasteiger partial charge in [-0.15, -0.1) is 0 Å². The van der Waals surface area contributed by atoms with Gasteiger partial charge in [0, 0.05) is 12.7 Å². The van der Waals surface area contributed by atoms with Gasteiger partial charge in [-0.2, -0.15) is 4.31 Å². The Morgan fingerprint density at radius 2 is 1.71 bits per heavy atom. The molecule has 1 N–H and O–H groups in total. The van der Waals surface area contributed by atoms with Crippen LogP contribution in [0.25, 0.3) is 0 Å². The molecule has 0 fully saturated rings. The zero-order valence-corrected chi connectivity index (χ0v) is 18.6. The average molecular weight is 439 g/mol. The summed E-state index contributed by atoms with van der Waals surface area (Å²) < 4.78 is 32.0. The molecule has 0 spiro atoms. The largest absolute Gasteiger partial charge is 0.489 e. The molecule has 3 aromatic rings. The summed E-state index contributed by atoms with van der Waals surface area (Å²) in [5.41, 5.74) is 3.69. The number of carbonyl (C=O) groups is 1. The van der Waals surface area contributed by atoms with Crippen molar-refractivity contribution in [1.82, 2.24) is 4.31 Å². The number of nitrogens with zero attached hydrogens (tertiary/aromatic N) is 1. The molecule has 6 nitrogen and oxygen atoms in total. The number of sulfonamides is 1. The minimum Gasteiger partial charge on any atom is -0.489 e. The van der Waals surface area contributed by atoms with Crippen LogP contribution in [0.4, 0.5) is 5.69 Å². The summed E-state index contributed by atoms with van der Waals surface area (Å²) in [6.45, 7) is 4.06. The SMILES string of the molecule is Cc1cccc(COc2ccc(NC(=O)CN(C)S(=O)(=O)c3ccccc3)c(C)c2)c1. The van der Waals surface area contributed by atoms with Gasteiger partial charge in [0.15, 0.2) is 0 Å². The topological polar surface area (TPSA) is 75.7 Å². The van der Waals surface area contributed by atoms with Crippen molar-refractivity contribution in [2.24, 2.45) is 0 Å². The molecule has 0 saturated heterocycles. The monoisotopic (exact) mass is 438 g/mol. The summed E-state index contributed by atoms with van der Waals surface area (Å²) in [6, 6.07) is 21.5. The van der Waals surface area contributed by atoms with Crippen molar-refractivity contribution in [1.29, 1.82) is 0 Å². The highest BCUT2D eigenvalue weighted by Crippen LogP contribution is 2.23. The van der Waals surface area contributed by atoms with Crippen molar-refractivity contribution in [2.75, 3.05) is 18.9 Å². The van der Waals surface area contributed by atoms with E-state index in [0.29, 0.717) is 18.0 Å². The fourth-order valence-electron chi connectivity index (χ4n) is 3.08. The van der Waals surface area contributed by atoms with Crippen LogP contribution in [0.5, 0.6) is 5.75 Å². The van der Waals surface area contributed by atoms with Gasteiger partial charge in [-0.05, 0) is 55.3 Å². The molecular formula is C24H26N2O4S. The number of anilines is 1. The second kappa shape index (κ2) is 9.76. The number of benzene rings is 3. The molecule has 0 aliphatic rings. The first-order chi connectivity index (χ1) is 14.8. The predicted octanol–water partition coefficient (Wildman–Crippen LogP) is 4.14. The Kier molecular flexibility index (Phi) is 7.09. The van der Waals surface area contributed by atoms with Gasteiger partial charge in [0.1, 0.15) is 12.4 Å². The van der Waals surface area contributed by atoms with Crippen LogP contribution in [0.15, 0.2) is 77.7 Å². The maximum absolute atomic E-state index is 12.6. The van der Waals surface area contributed by atoms with Crippen LogP contribution in [-0.2, 0) is 21.4 Å². The summed E-state index contributed by atoms with van der Waals surface area (Å²) in [6.07, 6.45) is 0. The highest BCUT2D eigenvalue weighted by atomic mass is 32.2. The lowest BCUT2D eigenvalue weighted by Gasteiger charge is -2.17. The molecule has 0 saturated carbocycles. The standard InChI is InChI=1S/C24H26N2O4S/c1-18-8-7-9-20(14-18)17-30-21-12-13-23(19(2)15-21)25-24(27)16-26(3)31(28,29)22-10-5-4-6-11-22/h4-15H,16-17H2,1-3H3,(H,25,27). The Labute approximate surface area is 183 Å². The molecule has 0 aliphatic heterocycles. The molecule has 0 aliphatic carbocycles. The quantitative estimate of drug-likeness (QED) is 0.574. The van der Waals surface area contributed by atoms with Crippen LogP contribution < -0.4 is 10.1 Å². The number of ether oxygens (including phenoxy) is 1. The second-order valence-electron chi connectivity index (χ2n) is 7.38. The minimum atomic E-state index is -3.73. The van der Waals surface area contributed by atoms with Gasteiger partial charge in [-0.25, -0.2) is 8.42 Å². The minimum absolute atomic E-state index is 0.150. The highest BCUT2D eigenvalue weighted by Gasteiger charge is 2.22. The lowest BCUT2D eigenvalue weighted by Crippen LogP contribution is -2.35. The predicted molar refractivity (Wildman–Crippen MR) is 122 cm³/mol. The van der Waals surface area contributed by atoms with Gasteiger partial charge < -0.3 is 10.1 Å². The first-order valence-corrected chi connectivity index (χ1v) is 11.3. The van der Waals surface area contributed by atoms with Crippen LogP contribution in [0, 0.1) is 13.8 Å². The Morgan fingerprint density at radius 3 is 2.39 bits per heavy atom. The van der Waals surface area contributed by atoms with E-state index in [1.807, 2.05) is 38.1 Å². The van der Waals surface area contributed by atoms with Crippen molar-refractivity contribution >= 4 is 21.6 Å². The highest BCUT2D eigenvalue weighted by molar-refractivity contribution is 7.89. The molecule has 0 heterocycles. The summed E-state index contributed by atoms with van der Waals surface area (Å²) in [4.78, 5) is 12.6. The van der Waals surface area contributed by atoms with Gasteiger partial charge in [0.05, 0.1) is 11.4 Å². The third kappa shape index (κ3) is 5.93. The van der Waals surface area contributed by atoms with Gasteiger partial charge in [-0.1, -0.05) is 48.0 Å². The van der Waals surface area contributed by atoms with E-state index >= 15 is 0 Å². The number of hydrogen-bond acceptors (Lipinski definition) is 4. The number of hydrogen-bond donors (Lipinski definition) is 1. The number of rotatable bonds is 8. The summed E-state index contributed by atoms with van der Waals surface area (Å²) in [5, 5.41) is 2.77. The molecule has 162 valence electrons. The first-order valence-electron chi connectivity index (χ1n) is 9.86. The van der Waals surface area contributed by atoms with E-state index < -0.39 is 15.9 Å². The number of likely N-dealkylation sites (N-methyl/N-ethyl adjacent to an activating group) is 1. The molecule has 31 heavy (non-hydrogen) atoms. The second-order valence-corrected chi connectivity index (χ2v) is 9.42. The summed E-state index contributed by atoms with van der Waals surface area (Å²) in [5.74, 6) is 0.277. The van der Waals surface area contributed by atoms with Crippen LogP contribution in [0.1, 0.15) is 16.7 Å². The Balaban J connectivity index is 1.60. The molecule has 7 heteroatoms. The zero-order valence-electron chi connectivity index (χ0n) is 17.8.